The highest BCUT2D eigenvalue weighted by Gasteiger charge is 2.42. The molecule has 0 unspecified atom stereocenters. The highest BCUT2D eigenvalue weighted by Crippen LogP contribution is 2.44. The normalized spacial score (nSPS) is 12.5. The number of anilines is 3. The molecule has 0 aliphatic carbocycles. The van der Waals surface area contributed by atoms with E-state index >= 15 is 0 Å². The standard InChI is InChI=1S/C42H28BN/c1-4-13-29(14-5-1)32-19-12-20-35(25-32)44-40-27-33(30-15-6-2-7-16-30)23-24-39(40)43-38-22-11-10-21-36(38)37-26-34(28-41(44)42(37)43)31-17-8-3-9-18-31/h1-28H. The van der Waals surface area contributed by atoms with Gasteiger partial charge < -0.3 is 4.90 Å². The summed E-state index contributed by atoms with van der Waals surface area (Å²) in [6, 6.07) is 62.1. The smallest absolute Gasteiger partial charge is 0.248 e. The zero-order chi connectivity index (χ0) is 29.0. The lowest BCUT2D eigenvalue weighted by Crippen LogP contribution is -2.54. The lowest BCUT2D eigenvalue weighted by molar-refractivity contribution is 1.30. The molecule has 0 aromatic heterocycles. The van der Waals surface area contributed by atoms with Crippen LogP contribution in [-0.4, -0.2) is 6.71 Å². The molecule has 204 valence electrons. The third-order valence-corrected chi connectivity index (χ3v) is 9.26. The van der Waals surface area contributed by atoms with Crippen molar-refractivity contribution < 1.29 is 0 Å². The number of fused-ring (bicyclic) bond motifs is 5. The van der Waals surface area contributed by atoms with Crippen molar-refractivity contribution in [3.63, 3.8) is 0 Å². The highest BCUT2D eigenvalue weighted by atomic mass is 15.2. The SMILES string of the molecule is c1ccc(-c2cccc(N3c4cc(-c5ccccc5)ccc4B4c5ccccc5-c5cc(-c6ccccc6)cc3c54)c2)cc1. The van der Waals surface area contributed by atoms with E-state index in [-0.39, 0.29) is 6.71 Å². The number of nitrogens with zero attached hydrogens (tertiary/aromatic N) is 1. The van der Waals surface area contributed by atoms with Gasteiger partial charge in [-0.15, -0.1) is 0 Å². The van der Waals surface area contributed by atoms with Gasteiger partial charge in [0.1, 0.15) is 0 Å². The summed E-state index contributed by atoms with van der Waals surface area (Å²) in [6.07, 6.45) is 0. The molecule has 0 atom stereocenters. The van der Waals surface area contributed by atoms with Crippen molar-refractivity contribution in [2.75, 3.05) is 4.90 Å². The third kappa shape index (κ3) is 3.88. The molecule has 2 heterocycles. The van der Waals surface area contributed by atoms with Crippen LogP contribution in [0.5, 0.6) is 0 Å². The van der Waals surface area contributed by atoms with Crippen molar-refractivity contribution in [3.8, 4) is 44.5 Å². The molecule has 0 saturated carbocycles. The van der Waals surface area contributed by atoms with Gasteiger partial charge in [0.25, 0.3) is 0 Å². The molecule has 2 heteroatoms. The Kier molecular flexibility index (Phi) is 5.67. The Labute approximate surface area is 258 Å². The first-order chi connectivity index (χ1) is 21.8. The van der Waals surface area contributed by atoms with Crippen LogP contribution in [0.3, 0.4) is 0 Å². The zero-order valence-corrected chi connectivity index (χ0v) is 24.2. The summed E-state index contributed by atoms with van der Waals surface area (Å²) < 4.78 is 0. The van der Waals surface area contributed by atoms with Crippen LogP contribution < -0.4 is 21.3 Å². The molecule has 7 aromatic rings. The molecule has 0 saturated heterocycles. The van der Waals surface area contributed by atoms with E-state index in [0.29, 0.717) is 0 Å². The van der Waals surface area contributed by atoms with Gasteiger partial charge in [0.2, 0.25) is 6.71 Å². The Balaban J connectivity index is 1.35. The van der Waals surface area contributed by atoms with Gasteiger partial charge in [0.15, 0.2) is 0 Å². The minimum absolute atomic E-state index is 0.189. The molecule has 2 aliphatic rings. The quantitative estimate of drug-likeness (QED) is 0.195. The first-order valence-corrected chi connectivity index (χ1v) is 15.3. The topological polar surface area (TPSA) is 3.24 Å². The Morgan fingerprint density at radius 1 is 0.341 bits per heavy atom. The highest BCUT2D eigenvalue weighted by molar-refractivity contribution is 7.01. The van der Waals surface area contributed by atoms with E-state index in [1.54, 1.807) is 0 Å². The van der Waals surface area contributed by atoms with E-state index in [0.717, 1.165) is 0 Å². The van der Waals surface area contributed by atoms with E-state index in [4.69, 9.17) is 0 Å². The Hall–Kier alpha value is -5.60. The van der Waals surface area contributed by atoms with E-state index in [1.165, 1.54) is 78.0 Å². The van der Waals surface area contributed by atoms with Crippen molar-refractivity contribution in [3.05, 3.63) is 170 Å². The number of hydrogen-bond donors (Lipinski definition) is 0. The largest absolute Gasteiger partial charge is 0.311 e. The minimum atomic E-state index is 0.189. The van der Waals surface area contributed by atoms with Crippen LogP contribution in [0.15, 0.2) is 170 Å². The Morgan fingerprint density at radius 2 is 0.909 bits per heavy atom. The molecule has 0 fully saturated rings. The Morgan fingerprint density at radius 3 is 1.61 bits per heavy atom. The molecule has 0 N–H and O–H groups in total. The molecule has 9 rings (SSSR count). The molecular formula is C42H28BN. The second-order valence-corrected chi connectivity index (χ2v) is 11.7. The van der Waals surface area contributed by atoms with Gasteiger partial charge in [-0.3, -0.25) is 0 Å². The summed E-state index contributed by atoms with van der Waals surface area (Å²) in [4.78, 5) is 2.52. The van der Waals surface area contributed by atoms with Crippen LogP contribution in [0.25, 0.3) is 44.5 Å². The number of hydrogen-bond acceptors (Lipinski definition) is 1. The van der Waals surface area contributed by atoms with Crippen LogP contribution in [-0.2, 0) is 0 Å². The van der Waals surface area contributed by atoms with Crippen molar-refractivity contribution in [1.29, 1.82) is 0 Å². The van der Waals surface area contributed by atoms with Gasteiger partial charge in [0, 0.05) is 17.1 Å². The lowest BCUT2D eigenvalue weighted by Gasteiger charge is -2.37. The maximum Gasteiger partial charge on any atom is 0.248 e. The number of benzene rings is 7. The maximum atomic E-state index is 2.52. The molecule has 2 aliphatic heterocycles. The van der Waals surface area contributed by atoms with Gasteiger partial charge in [-0.2, -0.15) is 0 Å². The van der Waals surface area contributed by atoms with Gasteiger partial charge in [0.05, 0.1) is 0 Å². The summed E-state index contributed by atoms with van der Waals surface area (Å²) >= 11 is 0. The molecule has 44 heavy (non-hydrogen) atoms. The fraction of sp³-hybridized carbons (Fsp3) is 0. The van der Waals surface area contributed by atoms with Gasteiger partial charge in [-0.05, 0) is 85.8 Å². The van der Waals surface area contributed by atoms with Gasteiger partial charge in [-0.25, -0.2) is 0 Å². The van der Waals surface area contributed by atoms with Gasteiger partial charge in [-0.1, -0.05) is 145 Å². The molecule has 0 spiro atoms. The predicted octanol–water partition coefficient (Wildman–Crippen LogP) is 8.97. The van der Waals surface area contributed by atoms with Crippen LogP contribution in [0, 0.1) is 0 Å². The molecule has 7 aromatic carbocycles. The number of rotatable bonds is 4. The molecule has 0 bridgehead atoms. The van der Waals surface area contributed by atoms with Crippen molar-refractivity contribution in [1.82, 2.24) is 0 Å². The predicted molar refractivity (Wildman–Crippen MR) is 188 cm³/mol. The minimum Gasteiger partial charge on any atom is -0.311 e. The van der Waals surface area contributed by atoms with E-state index < -0.39 is 0 Å². The van der Waals surface area contributed by atoms with Crippen molar-refractivity contribution in [2.45, 2.75) is 0 Å². The van der Waals surface area contributed by atoms with Crippen LogP contribution in [0.1, 0.15) is 0 Å². The van der Waals surface area contributed by atoms with Crippen molar-refractivity contribution in [2.24, 2.45) is 0 Å². The molecule has 0 amide bonds. The third-order valence-electron chi connectivity index (χ3n) is 9.26. The fourth-order valence-corrected chi connectivity index (χ4v) is 7.27. The molecule has 1 nitrogen and oxygen atoms in total. The Bertz CT molecular complexity index is 2170. The summed E-state index contributed by atoms with van der Waals surface area (Å²) in [6.45, 7) is 0.189. The fourth-order valence-electron chi connectivity index (χ4n) is 7.27. The average molecular weight is 558 g/mol. The van der Waals surface area contributed by atoms with Crippen molar-refractivity contribution >= 4 is 40.2 Å². The summed E-state index contributed by atoms with van der Waals surface area (Å²) in [5, 5.41) is 0. The maximum absolute atomic E-state index is 2.52. The second-order valence-electron chi connectivity index (χ2n) is 11.7. The van der Waals surface area contributed by atoms with E-state index in [1.807, 2.05) is 0 Å². The average Bonchev–Trinajstić information content (AvgIpc) is 3.44. The van der Waals surface area contributed by atoms with Crippen LogP contribution in [0.2, 0.25) is 0 Å². The lowest BCUT2D eigenvalue weighted by atomic mass is 9.37. The van der Waals surface area contributed by atoms with Gasteiger partial charge >= 0.3 is 0 Å². The summed E-state index contributed by atoms with van der Waals surface area (Å²) in [5.41, 5.74) is 17.8. The first kappa shape index (κ1) is 25.0. The first-order valence-electron chi connectivity index (χ1n) is 15.3. The summed E-state index contributed by atoms with van der Waals surface area (Å²) in [5.74, 6) is 0. The van der Waals surface area contributed by atoms with E-state index in [9.17, 15) is 0 Å². The molecular weight excluding hydrogens is 529 g/mol. The van der Waals surface area contributed by atoms with Crippen LogP contribution in [0.4, 0.5) is 17.1 Å². The summed E-state index contributed by atoms with van der Waals surface area (Å²) in [7, 11) is 0. The zero-order valence-electron chi connectivity index (χ0n) is 24.2. The second kappa shape index (κ2) is 10.0. The monoisotopic (exact) mass is 557 g/mol. The molecule has 0 radical (unpaired) electrons. The van der Waals surface area contributed by atoms with Crippen LogP contribution >= 0.6 is 0 Å². The van der Waals surface area contributed by atoms with E-state index in [2.05, 4.69) is 175 Å².